The number of nitrogens with zero attached hydrogens (tertiary/aromatic N) is 3. The van der Waals surface area contributed by atoms with Crippen molar-refractivity contribution in [2.75, 3.05) is 23.0 Å². The van der Waals surface area contributed by atoms with Crippen molar-refractivity contribution in [2.24, 2.45) is 0 Å². The fraction of sp³-hybridized carbons (Fsp3) is 0.556. The van der Waals surface area contributed by atoms with Gasteiger partial charge in [0, 0.05) is 18.8 Å². The minimum absolute atomic E-state index is 0.115. The van der Waals surface area contributed by atoms with Crippen molar-refractivity contribution in [3.05, 3.63) is 16.0 Å². The number of rotatable bonds is 1. The maximum atomic E-state index is 11.5. The van der Waals surface area contributed by atoms with Gasteiger partial charge in [-0.2, -0.15) is 4.98 Å². The van der Waals surface area contributed by atoms with Crippen molar-refractivity contribution < 1.29 is 8.42 Å². The summed E-state index contributed by atoms with van der Waals surface area (Å²) in [6.45, 7) is 2.29. The molecule has 1 aliphatic rings. The Morgan fingerprint density at radius 3 is 2.94 bits per heavy atom. The number of halogens is 2. The van der Waals surface area contributed by atoms with Crippen LogP contribution in [0, 0.1) is 0 Å². The minimum atomic E-state index is -2.93. The second kappa shape index (κ2) is 4.70. The molecule has 1 aliphatic heterocycles. The van der Waals surface area contributed by atoms with E-state index in [9.17, 15) is 8.42 Å². The lowest BCUT2D eigenvalue weighted by atomic mass is 10.3. The van der Waals surface area contributed by atoms with Crippen molar-refractivity contribution >= 4 is 43.2 Å². The zero-order chi connectivity index (χ0) is 12.6. The first-order valence-electron chi connectivity index (χ1n) is 5.04. The Kier molecular flexibility index (Phi) is 3.61. The number of anilines is 1. The summed E-state index contributed by atoms with van der Waals surface area (Å²) < 4.78 is 23.7. The maximum Gasteiger partial charge on any atom is 0.224 e. The van der Waals surface area contributed by atoms with Gasteiger partial charge in [-0.15, -0.1) is 0 Å². The molecule has 1 saturated heterocycles. The smallest absolute Gasteiger partial charge is 0.224 e. The number of hydrogen-bond donors (Lipinski definition) is 0. The molecule has 0 saturated carbocycles. The highest BCUT2D eigenvalue weighted by Crippen LogP contribution is 2.27. The average molecular weight is 341 g/mol. The summed E-state index contributed by atoms with van der Waals surface area (Å²) in [6.07, 6.45) is 1.57. The number of aromatic nitrogens is 2. The molecule has 0 amide bonds. The van der Waals surface area contributed by atoms with E-state index in [1.807, 2.05) is 11.8 Å². The van der Waals surface area contributed by atoms with E-state index in [-0.39, 0.29) is 22.8 Å². The second-order valence-electron chi connectivity index (χ2n) is 3.97. The van der Waals surface area contributed by atoms with E-state index >= 15 is 0 Å². The third-order valence-electron chi connectivity index (χ3n) is 2.64. The van der Waals surface area contributed by atoms with Crippen LogP contribution in [0.2, 0.25) is 5.28 Å². The maximum absolute atomic E-state index is 11.5. The lowest BCUT2D eigenvalue weighted by Crippen LogP contribution is -2.47. The number of hydrogen-bond acceptors (Lipinski definition) is 5. The van der Waals surface area contributed by atoms with Crippen LogP contribution in [-0.4, -0.2) is 42.5 Å². The van der Waals surface area contributed by atoms with Crippen LogP contribution in [0.5, 0.6) is 0 Å². The largest absolute Gasteiger partial charge is 0.351 e. The average Bonchev–Trinajstić information content (AvgIpc) is 2.21. The molecule has 0 N–H and O–H groups in total. The van der Waals surface area contributed by atoms with Crippen LogP contribution >= 0.6 is 27.5 Å². The first-order valence-corrected chi connectivity index (χ1v) is 8.03. The van der Waals surface area contributed by atoms with Crippen LogP contribution in [0.25, 0.3) is 0 Å². The third-order valence-corrected chi connectivity index (χ3v) is 5.17. The molecule has 8 heteroatoms. The molecule has 0 aromatic carbocycles. The molecule has 5 nitrogen and oxygen atoms in total. The Morgan fingerprint density at radius 1 is 1.59 bits per heavy atom. The molecule has 0 aliphatic carbocycles. The summed E-state index contributed by atoms with van der Waals surface area (Å²) in [5.41, 5.74) is 0. The Hall–Kier alpha value is -0.400. The van der Waals surface area contributed by atoms with E-state index in [0.717, 1.165) is 0 Å². The Morgan fingerprint density at radius 2 is 2.29 bits per heavy atom. The predicted octanol–water partition coefficient (Wildman–Crippen LogP) is 1.52. The van der Waals surface area contributed by atoms with Gasteiger partial charge in [0.15, 0.2) is 9.84 Å². The summed E-state index contributed by atoms with van der Waals surface area (Å²) in [6, 6.07) is -0.115. The SMILES string of the molecule is CC1CS(=O)(=O)CCN1c1nc(Cl)ncc1Br. The molecule has 0 spiro atoms. The molecular formula is C9H11BrClN3O2S. The van der Waals surface area contributed by atoms with E-state index in [4.69, 9.17) is 11.6 Å². The lowest BCUT2D eigenvalue weighted by Gasteiger charge is -2.34. The highest BCUT2D eigenvalue weighted by molar-refractivity contribution is 9.10. The van der Waals surface area contributed by atoms with Crippen molar-refractivity contribution in [2.45, 2.75) is 13.0 Å². The van der Waals surface area contributed by atoms with Crippen LogP contribution in [0.15, 0.2) is 10.7 Å². The summed E-state index contributed by atoms with van der Waals surface area (Å²) in [5.74, 6) is 0.930. The van der Waals surface area contributed by atoms with Crippen molar-refractivity contribution in [3.63, 3.8) is 0 Å². The van der Waals surface area contributed by atoms with E-state index in [1.54, 1.807) is 6.20 Å². The van der Waals surface area contributed by atoms with Gasteiger partial charge in [-0.3, -0.25) is 0 Å². The standard InChI is InChI=1S/C9H11BrClN3O2S/c1-6-5-17(15,16)3-2-14(6)8-7(10)4-12-9(11)13-8/h4,6H,2-3,5H2,1H3. The fourth-order valence-electron chi connectivity index (χ4n) is 1.85. The van der Waals surface area contributed by atoms with Crippen LogP contribution in [0.3, 0.4) is 0 Å². The highest BCUT2D eigenvalue weighted by atomic mass is 79.9. The van der Waals surface area contributed by atoms with E-state index in [0.29, 0.717) is 16.8 Å². The number of sulfone groups is 1. The molecule has 1 aromatic rings. The van der Waals surface area contributed by atoms with Gasteiger partial charge in [0.2, 0.25) is 5.28 Å². The summed E-state index contributed by atoms with van der Waals surface area (Å²) in [7, 11) is -2.93. The second-order valence-corrected chi connectivity index (χ2v) is 7.39. The zero-order valence-corrected chi connectivity index (χ0v) is 12.3. The topological polar surface area (TPSA) is 63.2 Å². The minimum Gasteiger partial charge on any atom is -0.351 e. The highest BCUT2D eigenvalue weighted by Gasteiger charge is 2.30. The molecule has 1 aromatic heterocycles. The zero-order valence-electron chi connectivity index (χ0n) is 9.10. The molecule has 2 rings (SSSR count). The van der Waals surface area contributed by atoms with E-state index in [2.05, 4.69) is 25.9 Å². The normalized spacial score (nSPS) is 23.7. The van der Waals surface area contributed by atoms with Gasteiger partial charge in [-0.25, -0.2) is 13.4 Å². The van der Waals surface area contributed by atoms with Crippen LogP contribution in [-0.2, 0) is 9.84 Å². The van der Waals surface area contributed by atoms with Gasteiger partial charge < -0.3 is 4.90 Å². The van der Waals surface area contributed by atoms with Gasteiger partial charge in [0.25, 0.3) is 0 Å². The monoisotopic (exact) mass is 339 g/mol. The van der Waals surface area contributed by atoms with Gasteiger partial charge >= 0.3 is 0 Å². The van der Waals surface area contributed by atoms with Gasteiger partial charge in [0.1, 0.15) is 5.82 Å². The third kappa shape index (κ3) is 2.89. The van der Waals surface area contributed by atoms with Crippen molar-refractivity contribution in [1.82, 2.24) is 9.97 Å². The molecule has 1 unspecified atom stereocenters. The van der Waals surface area contributed by atoms with Crippen LogP contribution in [0.4, 0.5) is 5.82 Å². The molecule has 0 bridgehead atoms. The van der Waals surface area contributed by atoms with Crippen molar-refractivity contribution in [1.29, 1.82) is 0 Å². The first-order chi connectivity index (χ1) is 7.89. The Labute approximate surface area is 113 Å². The first kappa shape index (κ1) is 13.0. The molecule has 94 valence electrons. The predicted molar refractivity (Wildman–Crippen MR) is 70.2 cm³/mol. The van der Waals surface area contributed by atoms with Crippen molar-refractivity contribution in [3.8, 4) is 0 Å². The Bertz CT molecular complexity index is 537. The van der Waals surface area contributed by atoms with E-state index in [1.165, 1.54) is 0 Å². The molecule has 1 fully saturated rings. The van der Waals surface area contributed by atoms with Crippen LogP contribution < -0.4 is 4.90 Å². The molecule has 2 heterocycles. The summed E-state index contributed by atoms with van der Waals surface area (Å²) in [4.78, 5) is 9.91. The van der Waals surface area contributed by atoms with Crippen LogP contribution in [0.1, 0.15) is 6.92 Å². The Balaban J connectivity index is 2.32. The molecular weight excluding hydrogens is 330 g/mol. The molecule has 1 atom stereocenters. The summed E-state index contributed by atoms with van der Waals surface area (Å²) >= 11 is 9.10. The molecule has 0 radical (unpaired) electrons. The lowest BCUT2D eigenvalue weighted by molar-refractivity contribution is 0.566. The fourth-order valence-corrected chi connectivity index (χ4v) is 3.96. The summed E-state index contributed by atoms with van der Waals surface area (Å²) in [5, 5.41) is 0.156. The molecule has 17 heavy (non-hydrogen) atoms. The van der Waals surface area contributed by atoms with E-state index < -0.39 is 9.84 Å². The van der Waals surface area contributed by atoms with Gasteiger partial charge in [-0.05, 0) is 34.5 Å². The van der Waals surface area contributed by atoms with Gasteiger partial charge in [-0.1, -0.05) is 0 Å². The quantitative estimate of drug-likeness (QED) is 0.725. The van der Waals surface area contributed by atoms with Gasteiger partial charge in [0.05, 0.1) is 16.0 Å².